The van der Waals surface area contributed by atoms with E-state index < -0.39 is 17.7 Å². The van der Waals surface area contributed by atoms with Gasteiger partial charge in [0.2, 0.25) is 0 Å². The van der Waals surface area contributed by atoms with Crippen LogP contribution in [0.3, 0.4) is 0 Å². The summed E-state index contributed by atoms with van der Waals surface area (Å²) in [5.41, 5.74) is 1.34. The van der Waals surface area contributed by atoms with Gasteiger partial charge in [0, 0.05) is 12.8 Å². The standard InChI is InChI=1S/C19H19FO4/c1-24-18-7-3-5-13(11-18)8-15(19(22)23)12-17(21)10-14-4-2-6-16(20)9-14/h2-7,9,11,15H,8,10,12H2,1H3,(H,22,23). The number of carbonyl (C=O) groups excluding carboxylic acids is 1. The summed E-state index contributed by atoms with van der Waals surface area (Å²) in [5.74, 6) is -1.84. The molecule has 0 bridgehead atoms. The molecule has 5 heteroatoms. The topological polar surface area (TPSA) is 63.6 Å². The van der Waals surface area contributed by atoms with Gasteiger partial charge in [-0.25, -0.2) is 4.39 Å². The highest BCUT2D eigenvalue weighted by atomic mass is 19.1. The van der Waals surface area contributed by atoms with Crippen LogP contribution >= 0.6 is 0 Å². The number of Topliss-reactive ketones (excluding diaryl/α,β-unsaturated/α-hetero) is 1. The smallest absolute Gasteiger partial charge is 0.307 e. The lowest BCUT2D eigenvalue weighted by molar-refractivity contribution is -0.143. The molecule has 0 amide bonds. The summed E-state index contributed by atoms with van der Waals surface area (Å²) < 4.78 is 18.3. The molecule has 1 atom stereocenters. The van der Waals surface area contributed by atoms with Crippen LogP contribution in [0.5, 0.6) is 5.75 Å². The molecule has 0 saturated carbocycles. The molecule has 24 heavy (non-hydrogen) atoms. The van der Waals surface area contributed by atoms with E-state index in [0.717, 1.165) is 5.56 Å². The zero-order chi connectivity index (χ0) is 17.5. The average Bonchev–Trinajstić information content (AvgIpc) is 2.54. The number of hydrogen-bond donors (Lipinski definition) is 1. The minimum absolute atomic E-state index is 0.0274. The van der Waals surface area contributed by atoms with Crippen LogP contribution in [0.2, 0.25) is 0 Å². The van der Waals surface area contributed by atoms with Crippen molar-refractivity contribution in [2.75, 3.05) is 7.11 Å². The minimum Gasteiger partial charge on any atom is -0.497 e. The van der Waals surface area contributed by atoms with Crippen molar-refractivity contribution in [1.29, 1.82) is 0 Å². The van der Waals surface area contributed by atoms with Crippen molar-refractivity contribution in [3.8, 4) is 5.75 Å². The number of carboxylic acids is 1. The molecule has 0 aliphatic rings. The Bertz CT molecular complexity index is 727. The van der Waals surface area contributed by atoms with Gasteiger partial charge in [-0.15, -0.1) is 0 Å². The van der Waals surface area contributed by atoms with E-state index in [1.165, 1.54) is 25.3 Å². The molecule has 0 spiro atoms. The van der Waals surface area contributed by atoms with Crippen molar-refractivity contribution < 1.29 is 23.8 Å². The Balaban J connectivity index is 2.02. The van der Waals surface area contributed by atoms with E-state index in [0.29, 0.717) is 11.3 Å². The second-order valence-electron chi connectivity index (χ2n) is 5.64. The number of carbonyl (C=O) groups is 2. The van der Waals surface area contributed by atoms with Crippen LogP contribution in [0.1, 0.15) is 17.5 Å². The van der Waals surface area contributed by atoms with Gasteiger partial charge < -0.3 is 9.84 Å². The van der Waals surface area contributed by atoms with Crippen molar-refractivity contribution >= 4 is 11.8 Å². The molecule has 1 N–H and O–H groups in total. The van der Waals surface area contributed by atoms with Crippen LogP contribution in [-0.4, -0.2) is 24.0 Å². The van der Waals surface area contributed by atoms with E-state index >= 15 is 0 Å². The van der Waals surface area contributed by atoms with Crippen LogP contribution in [0.25, 0.3) is 0 Å². The van der Waals surface area contributed by atoms with Gasteiger partial charge in [0.1, 0.15) is 17.3 Å². The highest BCUT2D eigenvalue weighted by molar-refractivity contribution is 5.85. The van der Waals surface area contributed by atoms with Crippen LogP contribution in [0.4, 0.5) is 4.39 Å². The van der Waals surface area contributed by atoms with Gasteiger partial charge in [-0.1, -0.05) is 24.3 Å². The lowest BCUT2D eigenvalue weighted by Gasteiger charge is -2.12. The van der Waals surface area contributed by atoms with Crippen molar-refractivity contribution in [3.63, 3.8) is 0 Å². The maximum Gasteiger partial charge on any atom is 0.307 e. The molecule has 2 aromatic carbocycles. The van der Waals surface area contributed by atoms with Gasteiger partial charge in [0.25, 0.3) is 0 Å². The number of halogens is 1. The lowest BCUT2D eigenvalue weighted by Crippen LogP contribution is -2.21. The van der Waals surface area contributed by atoms with Crippen LogP contribution in [0, 0.1) is 11.7 Å². The first kappa shape index (κ1) is 17.7. The molecule has 0 aromatic heterocycles. The van der Waals surface area contributed by atoms with E-state index in [4.69, 9.17) is 4.74 Å². The zero-order valence-corrected chi connectivity index (χ0v) is 13.4. The number of ether oxygens (including phenoxy) is 1. The lowest BCUT2D eigenvalue weighted by atomic mass is 9.92. The third kappa shape index (κ3) is 5.19. The number of aliphatic carboxylic acids is 1. The fraction of sp³-hybridized carbons (Fsp3) is 0.263. The average molecular weight is 330 g/mol. The number of benzene rings is 2. The number of carboxylic acid groups (broad SMARTS) is 1. The molecular weight excluding hydrogens is 311 g/mol. The van der Waals surface area contributed by atoms with Gasteiger partial charge in [-0.05, 0) is 41.8 Å². The normalized spacial score (nSPS) is 11.8. The number of methoxy groups -OCH3 is 1. The second-order valence-corrected chi connectivity index (χ2v) is 5.64. The highest BCUT2D eigenvalue weighted by Crippen LogP contribution is 2.19. The summed E-state index contributed by atoms with van der Waals surface area (Å²) >= 11 is 0. The van der Waals surface area contributed by atoms with E-state index in [9.17, 15) is 19.1 Å². The van der Waals surface area contributed by atoms with E-state index in [-0.39, 0.29) is 25.0 Å². The fourth-order valence-electron chi connectivity index (χ4n) is 2.55. The monoisotopic (exact) mass is 330 g/mol. The summed E-state index contributed by atoms with van der Waals surface area (Å²) in [6.45, 7) is 0. The zero-order valence-electron chi connectivity index (χ0n) is 13.4. The summed E-state index contributed by atoms with van der Waals surface area (Å²) in [7, 11) is 1.54. The Morgan fingerprint density at radius 1 is 1.12 bits per heavy atom. The fourth-order valence-corrected chi connectivity index (χ4v) is 2.55. The van der Waals surface area contributed by atoms with Crippen LogP contribution in [0.15, 0.2) is 48.5 Å². The largest absolute Gasteiger partial charge is 0.497 e. The molecule has 126 valence electrons. The molecule has 0 heterocycles. The van der Waals surface area contributed by atoms with Crippen molar-refractivity contribution in [2.45, 2.75) is 19.3 Å². The van der Waals surface area contributed by atoms with Gasteiger partial charge >= 0.3 is 5.97 Å². The van der Waals surface area contributed by atoms with E-state index in [2.05, 4.69) is 0 Å². The molecular formula is C19H19FO4. The summed E-state index contributed by atoms with van der Waals surface area (Å²) in [4.78, 5) is 23.6. The van der Waals surface area contributed by atoms with Crippen molar-refractivity contribution in [1.82, 2.24) is 0 Å². The quantitative estimate of drug-likeness (QED) is 0.807. The van der Waals surface area contributed by atoms with Gasteiger partial charge in [-0.3, -0.25) is 9.59 Å². The van der Waals surface area contributed by atoms with Gasteiger partial charge in [0.05, 0.1) is 13.0 Å². The summed E-state index contributed by atoms with van der Waals surface area (Å²) in [5, 5.41) is 9.38. The third-order valence-electron chi connectivity index (χ3n) is 3.73. The Hall–Kier alpha value is -2.69. The number of ketones is 1. The second kappa shape index (κ2) is 8.24. The third-order valence-corrected chi connectivity index (χ3v) is 3.73. The maximum atomic E-state index is 13.1. The van der Waals surface area contributed by atoms with Crippen molar-refractivity contribution in [2.24, 2.45) is 5.92 Å². The predicted octanol–water partition coefficient (Wildman–Crippen LogP) is 3.28. The molecule has 2 aromatic rings. The molecule has 2 rings (SSSR count). The van der Waals surface area contributed by atoms with E-state index in [1.54, 1.807) is 30.3 Å². The Labute approximate surface area is 139 Å². The molecule has 1 unspecified atom stereocenters. The van der Waals surface area contributed by atoms with Crippen LogP contribution < -0.4 is 4.74 Å². The summed E-state index contributed by atoms with van der Waals surface area (Å²) in [6.07, 6.45) is 0.171. The molecule has 0 aliphatic carbocycles. The van der Waals surface area contributed by atoms with Gasteiger partial charge in [-0.2, -0.15) is 0 Å². The first-order valence-corrected chi connectivity index (χ1v) is 7.60. The first-order chi connectivity index (χ1) is 11.5. The highest BCUT2D eigenvalue weighted by Gasteiger charge is 2.22. The number of rotatable bonds is 8. The summed E-state index contributed by atoms with van der Waals surface area (Å²) in [6, 6.07) is 12.9. The Morgan fingerprint density at radius 3 is 2.50 bits per heavy atom. The first-order valence-electron chi connectivity index (χ1n) is 7.60. The molecule has 0 fully saturated rings. The van der Waals surface area contributed by atoms with Crippen molar-refractivity contribution in [3.05, 3.63) is 65.5 Å². The molecule has 4 nitrogen and oxygen atoms in total. The SMILES string of the molecule is COc1cccc(CC(CC(=O)Cc2cccc(F)c2)C(=O)O)c1. The molecule has 0 radical (unpaired) electrons. The minimum atomic E-state index is -1.02. The number of hydrogen-bond acceptors (Lipinski definition) is 3. The van der Waals surface area contributed by atoms with Crippen LogP contribution in [-0.2, 0) is 22.4 Å². The Morgan fingerprint density at radius 2 is 1.83 bits per heavy atom. The van der Waals surface area contributed by atoms with Gasteiger partial charge in [0.15, 0.2) is 0 Å². The van der Waals surface area contributed by atoms with E-state index in [1.807, 2.05) is 0 Å². The molecule has 0 saturated heterocycles. The molecule has 0 aliphatic heterocycles. The predicted molar refractivity (Wildman–Crippen MR) is 87.6 cm³/mol. The maximum absolute atomic E-state index is 13.1. The Kier molecular flexibility index (Phi) is 6.07.